The van der Waals surface area contributed by atoms with Crippen LogP contribution in [0.3, 0.4) is 0 Å². The molecule has 1 fully saturated rings. The number of nitrogens with zero attached hydrogens (tertiary/aromatic N) is 6. The number of amides is 1. The molecule has 0 aliphatic carbocycles. The van der Waals surface area contributed by atoms with E-state index >= 15 is 0 Å². The van der Waals surface area contributed by atoms with Crippen LogP contribution < -0.4 is 21.7 Å². The van der Waals surface area contributed by atoms with Crippen molar-refractivity contribution in [1.82, 2.24) is 24.8 Å². The zero-order valence-electron chi connectivity index (χ0n) is 21.5. The summed E-state index contributed by atoms with van der Waals surface area (Å²) in [6.07, 6.45) is -2.16. The lowest BCUT2D eigenvalue weighted by Gasteiger charge is -2.34. The normalized spacial score (nSPS) is 14.2. The standard InChI is InChI=1S/C27H26F3N9O/c1-38-10-12-39(13-11-38)17-4-2-16(3-5-17)20-7-6-19(31)24(34-20)25(40)35-22-15-33-9-8-18(22)21-14-23(32)37-26(36-21)27(28,29)30/h2-9,14-15H,10-13,31H2,1H3,(H,35,40)(H2,32,36,37). The van der Waals surface area contributed by atoms with Gasteiger partial charge in [0.1, 0.15) is 5.82 Å². The summed E-state index contributed by atoms with van der Waals surface area (Å²) in [6, 6.07) is 13.8. The highest BCUT2D eigenvalue weighted by Crippen LogP contribution is 2.32. The molecule has 1 aliphatic heterocycles. The summed E-state index contributed by atoms with van der Waals surface area (Å²) in [7, 11) is 2.10. The van der Waals surface area contributed by atoms with Crippen molar-refractivity contribution in [1.29, 1.82) is 0 Å². The predicted molar refractivity (Wildman–Crippen MR) is 146 cm³/mol. The number of carbonyl (C=O) groups excluding carboxylic acids is 1. The van der Waals surface area contributed by atoms with Gasteiger partial charge in [0.2, 0.25) is 5.82 Å². The van der Waals surface area contributed by atoms with E-state index in [4.69, 9.17) is 11.5 Å². The number of anilines is 4. The fourth-order valence-electron chi connectivity index (χ4n) is 4.35. The van der Waals surface area contributed by atoms with Crippen molar-refractivity contribution in [2.45, 2.75) is 6.18 Å². The molecule has 0 spiro atoms. The van der Waals surface area contributed by atoms with E-state index in [1.807, 2.05) is 24.3 Å². The summed E-state index contributed by atoms with van der Waals surface area (Å²) in [5, 5.41) is 2.64. The summed E-state index contributed by atoms with van der Waals surface area (Å²) in [5.41, 5.74) is 14.3. The molecular formula is C27H26F3N9O. The summed E-state index contributed by atoms with van der Waals surface area (Å²) in [5.74, 6) is -2.43. The Morgan fingerprint density at radius 3 is 2.35 bits per heavy atom. The number of nitrogens with two attached hydrogens (primary N) is 2. The number of carbonyl (C=O) groups is 1. The number of hydrogen-bond acceptors (Lipinski definition) is 9. The lowest BCUT2D eigenvalue weighted by Crippen LogP contribution is -2.44. The summed E-state index contributed by atoms with van der Waals surface area (Å²) < 4.78 is 39.8. The fraction of sp³-hybridized carbons (Fsp3) is 0.222. The number of nitrogens with one attached hydrogen (secondary N) is 1. The number of halogens is 3. The summed E-state index contributed by atoms with van der Waals surface area (Å²) >= 11 is 0. The molecule has 13 heteroatoms. The molecule has 0 bridgehead atoms. The zero-order chi connectivity index (χ0) is 28.4. The van der Waals surface area contributed by atoms with Crippen LogP contribution in [0.2, 0.25) is 0 Å². The van der Waals surface area contributed by atoms with Crippen molar-refractivity contribution in [3.63, 3.8) is 0 Å². The van der Waals surface area contributed by atoms with E-state index in [-0.39, 0.29) is 34.1 Å². The maximum Gasteiger partial charge on any atom is 0.451 e. The molecule has 206 valence electrons. The molecule has 1 aliphatic rings. The molecule has 0 atom stereocenters. The van der Waals surface area contributed by atoms with Crippen molar-refractivity contribution in [3.05, 3.63) is 72.4 Å². The van der Waals surface area contributed by atoms with Crippen LogP contribution in [0.25, 0.3) is 22.5 Å². The first-order valence-corrected chi connectivity index (χ1v) is 12.4. The number of pyridine rings is 2. The number of rotatable bonds is 5. The molecular weight excluding hydrogens is 523 g/mol. The number of likely N-dealkylation sites (N-methyl/N-ethyl adjacent to an activating group) is 1. The molecule has 1 saturated heterocycles. The third-order valence-corrected chi connectivity index (χ3v) is 6.52. The topological polar surface area (TPSA) is 139 Å². The molecule has 5 N–H and O–H groups in total. The minimum Gasteiger partial charge on any atom is -0.397 e. The SMILES string of the molecule is CN1CCN(c2ccc(-c3ccc(N)c(C(=O)Nc4cnccc4-c4cc(N)nc(C(F)(F)F)n4)n3)cc2)CC1. The zero-order valence-corrected chi connectivity index (χ0v) is 21.5. The van der Waals surface area contributed by atoms with Gasteiger partial charge in [-0.15, -0.1) is 0 Å². The molecule has 10 nitrogen and oxygen atoms in total. The minimum absolute atomic E-state index is 0.0476. The van der Waals surface area contributed by atoms with E-state index in [0.717, 1.165) is 37.4 Å². The van der Waals surface area contributed by atoms with E-state index in [1.54, 1.807) is 12.1 Å². The van der Waals surface area contributed by atoms with E-state index in [1.165, 1.54) is 24.5 Å². The first-order valence-electron chi connectivity index (χ1n) is 12.4. The lowest BCUT2D eigenvalue weighted by molar-refractivity contribution is -0.144. The van der Waals surface area contributed by atoms with Crippen LogP contribution in [-0.4, -0.2) is 64.0 Å². The Morgan fingerprint density at radius 2 is 1.65 bits per heavy atom. The number of hydrogen-bond donors (Lipinski definition) is 3. The van der Waals surface area contributed by atoms with Gasteiger partial charge >= 0.3 is 6.18 Å². The van der Waals surface area contributed by atoms with Crippen molar-refractivity contribution >= 4 is 28.8 Å². The number of benzene rings is 1. The second-order valence-corrected chi connectivity index (χ2v) is 9.35. The number of piperazine rings is 1. The lowest BCUT2D eigenvalue weighted by atomic mass is 10.1. The number of nitrogen functional groups attached to an aromatic ring is 2. The van der Waals surface area contributed by atoms with Crippen LogP contribution in [0.15, 0.2) is 60.9 Å². The Bertz CT molecular complexity index is 1540. The fourth-order valence-corrected chi connectivity index (χ4v) is 4.35. The summed E-state index contributed by atoms with van der Waals surface area (Å²) in [6.45, 7) is 3.87. The minimum atomic E-state index is -4.80. The van der Waals surface area contributed by atoms with Gasteiger partial charge in [0.25, 0.3) is 5.91 Å². The van der Waals surface area contributed by atoms with E-state index in [9.17, 15) is 18.0 Å². The van der Waals surface area contributed by atoms with Crippen LogP contribution in [0.5, 0.6) is 0 Å². The highest BCUT2D eigenvalue weighted by Gasteiger charge is 2.35. The third kappa shape index (κ3) is 5.78. The third-order valence-electron chi connectivity index (χ3n) is 6.52. The van der Waals surface area contributed by atoms with Gasteiger partial charge in [-0.2, -0.15) is 13.2 Å². The smallest absolute Gasteiger partial charge is 0.397 e. The molecule has 0 unspecified atom stereocenters. The molecule has 0 saturated carbocycles. The average molecular weight is 550 g/mol. The molecule has 1 amide bonds. The van der Waals surface area contributed by atoms with Crippen LogP contribution in [0.4, 0.5) is 36.1 Å². The van der Waals surface area contributed by atoms with Crippen LogP contribution >= 0.6 is 0 Å². The Morgan fingerprint density at radius 1 is 0.925 bits per heavy atom. The van der Waals surface area contributed by atoms with Crippen molar-refractivity contribution in [2.24, 2.45) is 0 Å². The molecule has 4 heterocycles. The highest BCUT2D eigenvalue weighted by molar-refractivity contribution is 6.08. The van der Waals surface area contributed by atoms with Gasteiger partial charge in [-0.25, -0.2) is 15.0 Å². The molecule has 1 aromatic carbocycles. The summed E-state index contributed by atoms with van der Waals surface area (Å²) in [4.78, 5) is 33.2. The maximum atomic E-state index is 13.3. The van der Waals surface area contributed by atoms with Gasteiger partial charge < -0.3 is 26.6 Å². The van der Waals surface area contributed by atoms with E-state index in [2.05, 4.69) is 42.1 Å². The maximum absolute atomic E-state index is 13.3. The largest absolute Gasteiger partial charge is 0.451 e. The molecule has 3 aromatic heterocycles. The highest BCUT2D eigenvalue weighted by atomic mass is 19.4. The molecule has 0 radical (unpaired) electrons. The molecule has 4 aromatic rings. The van der Waals surface area contributed by atoms with Crippen LogP contribution in [0, 0.1) is 0 Å². The van der Waals surface area contributed by atoms with Crippen LogP contribution in [0.1, 0.15) is 16.3 Å². The second kappa shape index (κ2) is 10.8. The van der Waals surface area contributed by atoms with Gasteiger partial charge in [-0.1, -0.05) is 12.1 Å². The van der Waals surface area contributed by atoms with Gasteiger partial charge in [0.05, 0.1) is 29.0 Å². The van der Waals surface area contributed by atoms with Gasteiger partial charge in [-0.3, -0.25) is 9.78 Å². The Kier molecular flexibility index (Phi) is 7.22. The first kappa shape index (κ1) is 26.8. The van der Waals surface area contributed by atoms with Crippen molar-refractivity contribution < 1.29 is 18.0 Å². The quantitative estimate of drug-likeness (QED) is 0.339. The number of aromatic nitrogens is 4. The average Bonchev–Trinajstić information content (AvgIpc) is 2.93. The second-order valence-electron chi connectivity index (χ2n) is 9.35. The van der Waals surface area contributed by atoms with Gasteiger partial charge in [0, 0.05) is 55.3 Å². The van der Waals surface area contributed by atoms with E-state index in [0.29, 0.717) is 5.69 Å². The Hall–Kier alpha value is -4.78. The predicted octanol–water partition coefficient (Wildman–Crippen LogP) is 3.79. The molecule has 40 heavy (non-hydrogen) atoms. The Balaban J connectivity index is 1.40. The molecule has 5 rings (SSSR count). The van der Waals surface area contributed by atoms with Gasteiger partial charge in [0.15, 0.2) is 5.69 Å². The monoisotopic (exact) mass is 549 g/mol. The first-order chi connectivity index (χ1) is 19.1. The van der Waals surface area contributed by atoms with Crippen molar-refractivity contribution in [3.8, 4) is 22.5 Å². The number of alkyl halides is 3. The Labute approximate surface area is 227 Å². The van der Waals surface area contributed by atoms with Crippen molar-refractivity contribution in [2.75, 3.05) is 54.9 Å². The van der Waals surface area contributed by atoms with Crippen LogP contribution in [-0.2, 0) is 6.18 Å². The van der Waals surface area contributed by atoms with Gasteiger partial charge in [-0.05, 0) is 37.4 Å². The van der Waals surface area contributed by atoms with E-state index < -0.39 is 17.9 Å².